The lowest BCUT2D eigenvalue weighted by atomic mass is 9.99. The fraction of sp³-hybridized carbons (Fsp3) is 0.379. The van der Waals surface area contributed by atoms with Crippen LogP contribution in [0.2, 0.25) is 0 Å². The monoisotopic (exact) mass is 546 g/mol. The average molecular weight is 547 g/mol. The molecule has 0 N–H and O–H groups in total. The minimum absolute atomic E-state index is 0.291. The van der Waals surface area contributed by atoms with E-state index in [-0.39, 0.29) is 0 Å². The van der Waals surface area contributed by atoms with Gasteiger partial charge in [-0.15, -0.1) is 0 Å². The zero-order valence-electron chi connectivity index (χ0n) is 21.6. The third kappa shape index (κ3) is 6.83. The summed E-state index contributed by atoms with van der Waals surface area (Å²) < 4.78 is 73.8. The van der Waals surface area contributed by atoms with Crippen LogP contribution in [-0.4, -0.2) is 57.0 Å². The smallest absolute Gasteiger partial charge is 0.367 e. The first kappa shape index (κ1) is 28.3. The van der Waals surface area contributed by atoms with Crippen LogP contribution in [-0.2, 0) is 20.9 Å². The van der Waals surface area contributed by atoms with Crippen molar-refractivity contribution in [1.82, 2.24) is 9.21 Å². The molecule has 9 heteroatoms. The maximum atomic E-state index is 13.3. The number of hydrogen-bond acceptors (Lipinski definition) is 4. The Morgan fingerprint density at radius 1 is 0.816 bits per heavy atom. The first-order chi connectivity index (χ1) is 18.1. The molecule has 0 aliphatic carbocycles. The van der Waals surface area contributed by atoms with Crippen molar-refractivity contribution < 1.29 is 26.3 Å². The normalized spacial score (nSPS) is 16.6. The van der Waals surface area contributed by atoms with Gasteiger partial charge in [0, 0.05) is 32.7 Å². The summed E-state index contributed by atoms with van der Waals surface area (Å²) in [5, 5.41) is 0. The second-order valence-electron chi connectivity index (χ2n) is 9.75. The van der Waals surface area contributed by atoms with Gasteiger partial charge in [-0.1, -0.05) is 68.4 Å². The highest BCUT2D eigenvalue weighted by Gasteiger charge is 2.32. The summed E-state index contributed by atoms with van der Waals surface area (Å²) in [6.45, 7) is 6.78. The van der Waals surface area contributed by atoms with Gasteiger partial charge in [-0.2, -0.15) is 17.5 Å². The lowest BCUT2D eigenvalue weighted by Gasteiger charge is -2.34. The van der Waals surface area contributed by atoms with E-state index in [0.29, 0.717) is 55.7 Å². The molecule has 0 amide bonds. The number of nitrogens with zero attached hydrogens (tertiary/aromatic N) is 2. The van der Waals surface area contributed by atoms with Gasteiger partial charge in [0.15, 0.2) is 0 Å². The number of sulfonamides is 1. The van der Waals surface area contributed by atoms with Crippen LogP contribution < -0.4 is 0 Å². The van der Waals surface area contributed by atoms with Crippen LogP contribution in [0.25, 0.3) is 0 Å². The standard InChI is InChI=1S/C29H33F3N2O3S/c1-22(2)23-11-13-27(14-12-23)38(35,36)34-17-15-33(16-18-34)19-20-37-28(24-7-4-3-5-8-24)25-9-6-10-26(21-25)29(30,31)32/h3-14,21-22,28H,15-20H2,1-2H3/t28-/m1/s1. The van der Waals surface area contributed by atoms with Crippen LogP contribution in [0.15, 0.2) is 83.8 Å². The zero-order chi connectivity index (χ0) is 27.3. The van der Waals surface area contributed by atoms with Crippen molar-refractivity contribution in [2.75, 3.05) is 39.3 Å². The highest BCUT2D eigenvalue weighted by molar-refractivity contribution is 7.89. The molecule has 0 radical (unpaired) electrons. The minimum atomic E-state index is -4.44. The van der Waals surface area contributed by atoms with E-state index in [4.69, 9.17) is 4.74 Å². The molecule has 1 heterocycles. The summed E-state index contributed by atoms with van der Waals surface area (Å²) in [6, 6.07) is 21.5. The quantitative estimate of drug-likeness (QED) is 0.333. The molecule has 1 aliphatic rings. The number of rotatable bonds is 9. The van der Waals surface area contributed by atoms with E-state index in [1.54, 1.807) is 18.2 Å². The van der Waals surface area contributed by atoms with E-state index in [1.165, 1.54) is 10.4 Å². The molecule has 1 fully saturated rings. The van der Waals surface area contributed by atoms with Gasteiger partial charge in [-0.3, -0.25) is 4.90 Å². The van der Waals surface area contributed by atoms with Crippen LogP contribution in [0.3, 0.4) is 0 Å². The maximum absolute atomic E-state index is 13.3. The third-order valence-corrected chi connectivity index (χ3v) is 8.74. The lowest BCUT2D eigenvalue weighted by molar-refractivity contribution is -0.137. The molecule has 0 bridgehead atoms. The molecule has 38 heavy (non-hydrogen) atoms. The topological polar surface area (TPSA) is 49.9 Å². The maximum Gasteiger partial charge on any atom is 0.416 e. The molecule has 0 aromatic heterocycles. The minimum Gasteiger partial charge on any atom is -0.367 e. The highest BCUT2D eigenvalue weighted by Crippen LogP contribution is 2.33. The van der Waals surface area contributed by atoms with Crippen molar-refractivity contribution in [3.63, 3.8) is 0 Å². The predicted octanol–water partition coefficient (Wildman–Crippen LogP) is 5.94. The van der Waals surface area contributed by atoms with Gasteiger partial charge in [-0.25, -0.2) is 8.42 Å². The SMILES string of the molecule is CC(C)c1ccc(S(=O)(=O)N2CCN(CCO[C@H](c3ccccc3)c3cccc(C(F)(F)F)c3)CC2)cc1. The van der Waals surface area contributed by atoms with Crippen LogP contribution in [0.4, 0.5) is 13.2 Å². The molecule has 0 spiro atoms. The Balaban J connectivity index is 1.36. The second kappa shape index (κ2) is 12.0. The largest absolute Gasteiger partial charge is 0.416 e. The molecule has 4 rings (SSSR count). The van der Waals surface area contributed by atoms with Gasteiger partial charge in [0.1, 0.15) is 6.10 Å². The van der Waals surface area contributed by atoms with E-state index in [0.717, 1.165) is 23.3 Å². The fourth-order valence-corrected chi connectivity index (χ4v) is 5.98. The number of ether oxygens (including phenoxy) is 1. The molecule has 204 valence electrons. The van der Waals surface area contributed by atoms with E-state index in [1.807, 2.05) is 42.5 Å². The van der Waals surface area contributed by atoms with Gasteiger partial charge in [-0.05, 0) is 46.9 Å². The zero-order valence-corrected chi connectivity index (χ0v) is 22.4. The molecular formula is C29H33F3N2O3S. The van der Waals surface area contributed by atoms with Crippen molar-refractivity contribution in [2.45, 2.75) is 36.9 Å². The first-order valence-electron chi connectivity index (χ1n) is 12.7. The van der Waals surface area contributed by atoms with Gasteiger partial charge in [0.2, 0.25) is 10.0 Å². The third-order valence-electron chi connectivity index (χ3n) is 6.83. The van der Waals surface area contributed by atoms with Crippen molar-refractivity contribution in [3.05, 3.63) is 101 Å². The second-order valence-corrected chi connectivity index (χ2v) is 11.7. The molecule has 5 nitrogen and oxygen atoms in total. The summed E-state index contributed by atoms with van der Waals surface area (Å²) in [5.74, 6) is 0.326. The number of halogens is 3. The van der Waals surface area contributed by atoms with Crippen LogP contribution >= 0.6 is 0 Å². The first-order valence-corrected chi connectivity index (χ1v) is 14.2. The number of benzene rings is 3. The summed E-state index contributed by atoms with van der Waals surface area (Å²) in [5.41, 5.74) is 1.58. The Labute approximate surface area is 222 Å². The molecule has 1 aliphatic heterocycles. The molecule has 1 atom stereocenters. The van der Waals surface area contributed by atoms with Crippen LogP contribution in [0.5, 0.6) is 0 Å². The Morgan fingerprint density at radius 3 is 2.05 bits per heavy atom. The van der Waals surface area contributed by atoms with Gasteiger partial charge in [0.25, 0.3) is 0 Å². The lowest BCUT2D eigenvalue weighted by Crippen LogP contribution is -2.49. The van der Waals surface area contributed by atoms with Crippen molar-refractivity contribution in [1.29, 1.82) is 0 Å². The van der Waals surface area contributed by atoms with Crippen LogP contribution in [0.1, 0.15) is 48.1 Å². The van der Waals surface area contributed by atoms with E-state index in [9.17, 15) is 21.6 Å². The van der Waals surface area contributed by atoms with E-state index >= 15 is 0 Å². The molecule has 3 aromatic rings. The highest BCUT2D eigenvalue weighted by atomic mass is 32.2. The van der Waals surface area contributed by atoms with Crippen molar-refractivity contribution >= 4 is 10.0 Å². The summed E-state index contributed by atoms with van der Waals surface area (Å²) in [7, 11) is -3.57. The Morgan fingerprint density at radius 2 is 1.45 bits per heavy atom. The van der Waals surface area contributed by atoms with Gasteiger partial charge < -0.3 is 4.74 Å². The molecule has 0 unspecified atom stereocenters. The molecular weight excluding hydrogens is 513 g/mol. The molecule has 3 aromatic carbocycles. The molecule has 0 saturated carbocycles. The predicted molar refractivity (Wildman–Crippen MR) is 141 cm³/mol. The molecule has 1 saturated heterocycles. The average Bonchev–Trinajstić information content (AvgIpc) is 2.91. The Hall–Kier alpha value is -2.72. The van der Waals surface area contributed by atoms with E-state index in [2.05, 4.69) is 18.7 Å². The Kier molecular flexibility index (Phi) is 8.92. The number of hydrogen-bond donors (Lipinski definition) is 0. The van der Waals surface area contributed by atoms with Crippen molar-refractivity contribution in [3.8, 4) is 0 Å². The summed E-state index contributed by atoms with van der Waals surface area (Å²) in [6.07, 6.45) is -5.08. The van der Waals surface area contributed by atoms with Crippen molar-refractivity contribution in [2.24, 2.45) is 0 Å². The van der Waals surface area contributed by atoms with Gasteiger partial charge in [0.05, 0.1) is 17.1 Å². The number of alkyl halides is 3. The van der Waals surface area contributed by atoms with Gasteiger partial charge >= 0.3 is 6.18 Å². The Bertz CT molecular complexity index is 1290. The summed E-state index contributed by atoms with van der Waals surface area (Å²) in [4.78, 5) is 2.41. The summed E-state index contributed by atoms with van der Waals surface area (Å²) >= 11 is 0. The number of piperazine rings is 1. The van der Waals surface area contributed by atoms with Crippen LogP contribution in [0, 0.1) is 0 Å². The van der Waals surface area contributed by atoms with E-state index < -0.39 is 27.9 Å². The fourth-order valence-electron chi connectivity index (χ4n) is 4.56.